The molecule has 6 rings (SSSR count). The number of carbonyl (C=O) groups is 4. The number of hydrogen-bond acceptors (Lipinski definition) is 6. The van der Waals surface area contributed by atoms with Crippen LogP contribution in [0.25, 0.3) is 31.7 Å². The molecule has 0 aliphatic carbocycles. The summed E-state index contributed by atoms with van der Waals surface area (Å²) in [6.45, 7) is 9.21. The van der Waals surface area contributed by atoms with Crippen molar-refractivity contribution in [2.45, 2.75) is 79.1 Å². The van der Waals surface area contributed by atoms with Gasteiger partial charge in [0.2, 0.25) is 0 Å². The zero-order valence-electron chi connectivity index (χ0n) is 27.2. The summed E-state index contributed by atoms with van der Waals surface area (Å²) in [5.74, 6) is -0.992. The van der Waals surface area contributed by atoms with Crippen molar-refractivity contribution >= 4 is 57.1 Å². The van der Waals surface area contributed by atoms with Crippen molar-refractivity contribution in [3.05, 3.63) is 69.4 Å². The van der Waals surface area contributed by atoms with Gasteiger partial charge in [0.1, 0.15) is 0 Å². The van der Waals surface area contributed by atoms with Gasteiger partial charge in [-0.15, -0.1) is 22.7 Å². The lowest BCUT2D eigenvalue weighted by Gasteiger charge is -2.36. The Balaban J connectivity index is 1.62. The van der Waals surface area contributed by atoms with E-state index in [0.717, 1.165) is 61.1 Å². The van der Waals surface area contributed by atoms with Crippen LogP contribution in [0.15, 0.2) is 47.2 Å². The zero-order chi connectivity index (χ0) is 32.5. The van der Waals surface area contributed by atoms with Gasteiger partial charge in [0.15, 0.2) is 0 Å². The summed E-state index contributed by atoms with van der Waals surface area (Å²) in [7, 11) is 0. The summed E-state index contributed by atoms with van der Waals surface area (Å²) in [5.41, 5.74) is 2.93. The van der Waals surface area contributed by atoms with Crippen molar-refractivity contribution in [3.63, 3.8) is 0 Å². The monoisotopic (exact) mass is 654 g/mol. The fourth-order valence-corrected chi connectivity index (χ4v) is 8.59. The van der Waals surface area contributed by atoms with Gasteiger partial charge in [-0.1, -0.05) is 78.4 Å². The maximum Gasteiger partial charge on any atom is 0.262 e. The Morgan fingerprint density at radius 1 is 0.587 bits per heavy atom. The molecule has 2 aliphatic heterocycles. The minimum atomic E-state index is -0.348. The van der Waals surface area contributed by atoms with E-state index in [-0.39, 0.29) is 35.5 Å². The summed E-state index contributed by atoms with van der Waals surface area (Å²) in [6.07, 6.45) is 7.79. The maximum absolute atomic E-state index is 14.5. The summed E-state index contributed by atoms with van der Waals surface area (Å²) in [4.78, 5) is 62.5. The van der Waals surface area contributed by atoms with Gasteiger partial charge in [-0.25, -0.2) is 0 Å². The van der Waals surface area contributed by atoms with Gasteiger partial charge in [-0.05, 0) is 59.7 Å². The fraction of sp³-hybridized carbons (Fsp3) is 0.421. The third-order valence-corrected chi connectivity index (χ3v) is 11.6. The molecule has 0 saturated carbocycles. The van der Waals surface area contributed by atoms with Gasteiger partial charge in [0.05, 0.1) is 11.1 Å². The molecule has 0 bridgehead atoms. The SMILES string of the molecule is CCCCC(CC)CN1C(=O)c2cc(-c3cccs3)c3c4c(cc(-c5cccs5)c(c24)C1=O)C(=O)N(CC(CC)CCCC)C3=O. The number of benzene rings is 2. The molecule has 2 unspecified atom stereocenters. The van der Waals surface area contributed by atoms with Crippen molar-refractivity contribution in [2.75, 3.05) is 13.1 Å². The van der Waals surface area contributed by atoms with Crippen molar-refractivity contribution in [3.8, 4) is 20.9 Å². The van der Waals surface area contributed by atoms with Crippen LogP contribution in [0.3, 0.4) is 0 Å². The number of carbonyl (C=O) groups excluding carboxylic acids is 4. The normalized spacial score (nSPS) is 15.7. The number of amides is 4. The summed E-state index contributed by atoms with van der Waals surface area (Å²) < 4.78 is 0. The van der Waals surface area contributed by atoms with Crippen LogP contribution >= 0.6 is 22.7 Å². The van der Waals surface area contributed by atoms with Crippen molar-refractivity contribution < 1.29 is 19.2 Å². The summed E-state index contributed by atoms with van der Waals surface area (Å²) >= 11 is 3.00. The largest absolute Gasteiger partial charge is 0.274 e. The number of rotatable bonds is 14. The summed E-state index contributed by atoms with van der Waals surface area (Å²) in [6, 6.07) is 11.4. The highest BCUT2D eigenvalue weighted by molar-refractivity contribution is 7.14. The Labute approximate surface area is 279 Å². The molecule has 2 aromatic heterocycles. The van der Waals surface area contributed by atoms with Gasteiger partial charge in [-0.3, -0.25) is 29.0 Å². The second kappa shape index (κ2) is 13.6. The van der Waals surface area contributed by atoms with Crippen LogP contribution in [0.5, 0.6) is 0 Å². The first-order valence-electron chi connectivity index (χ1n) is 16.8. The van der Waals surface area contributed by atoms with Crippen molar-refractivity contribution in [2.24, 2.45) is 11.8 Å². The van der Waals surface area contributed by atoms with Gasteiger partial charge in [0, 0.05) is 55.9 Å². The molecule has 4 heterocycles. The predicted octanol–water partition coefficient (Wildman–Crippen LogP) is 9.92. The quantitative estimate of drug-likeness (QED) is 0.127. The van der Waals surface area contributed by atoms with E-state index in [0.29, 0.717) is 57.2 Å². The van der Waals surface area contributed by atoms with Gasteiger partial charge >= 0.3 is 0 Å². The Bertz CT molecular complexity index is 1660. The number of hydrogen-bond donors (Lipinski definition) is 0. The fourth-order valence-electron chi connectivity index (χ4n) is 7.10. The van der Waals surface area contributed by atoms with Crippen LogP contribution < -0.4 is 0 Å². The van der Waals surface area contributed by atoms with Gasteiger partial charge in [0.25, 0.3) is 23.6 Å². The minimum absolute atomic E-state index is 0.195. The molecular formula is C38H42N2O4S2. The highest BCUT2D eigenvalue weighted by atomic mass is 32.1. The van der Waals surface area contributed by atoms with Crippen LogP contribution in [-0.2, 0) is 0 Å². The Morgan fingerprint density at radius 3 is 1.33 bits per heavy atom. The third kappa shape index (κ3) is 5.53. The molecule has 2 atom stereocenters. The summed E-state index contributed by atoms with van der Waals surface area (Å²) in [5, 5.41) is 4.80. The lowest BCUT2D eigenvalue weighted by atomic mass is 9.80. The maximum atomic E-state index is 14.5. The molecule has 4 aromatic rings. The van der Waals surface area contributed by atoms with E-state index in [1.54, 1.807) is 0 Å². The molecule has 4 amide bonds. The zero-order valence-corrected chi connectivity index (χ0v) is 28.8. The lowest BCUT2D eigenvalue weighted by Crippen LogP contribution is -2.46. The molecule has 0 saturated heterocycles. The number of unbranched alkanes of at least 4 members (excludes halogenated alkanes) is 2. The molecular weight excluding hydrogens is 613 g/mol. The topological polar surface area (TPSA) is 74.8 Å². The third-order valence-electron chi connectivity index (χ3n) is 9.82. The molecule has 6 nitrogen and oxygen atoms in total. The minimum Gasteiger partial charge on any atom is -0.274 e. The number of thiophene rings is 2. The Kier molecular flexibility index (Phi) is 9.57. The average Bonchev–Trinajstić information content (AvgIpc) is 3.81. The average molecular weight is 655 g/mol. The van der Waals surface area contributed by atoms with E-state index >= 15 is 0 Å². The Hall–Kier alpha value is -3.62. The van der Waals surface area contributed by atoms with Gasteiger partial charge < -0.3 is 0 Å². The molecule has 2 aromatic carbocycles. The van der Waals surface area contributed by atoms with Gasteiger partial charge in [-0.2, -0.15) is 0 Å². The predicted molar refractivity (Wildman–Crippen MR) is 188 cm³/mol. The molecule has 46 heavy (non-hydrogen) atoms. The van der Waals surface area contributed by atoms with E-state index in [1.807, 2.05) is 47.2 Å². The van der Waals surface area contributed by atoms with Crippen LogP contribution in [0, 0.1) is 11.8 Å². The lowest BCUT2D eigenvalue weighted by molar-refractivity contribution is 0.0559. The first kappa shape index (κ1) is 32.3. The molecule has 0 N–H and O–H groups in total. The first-order valence-corrected chi connectivity index (χ1v) is 18.6. The first-order chi connectivity index (χ1) is 22.3. The van der Waals surface area contributed by atoms with Crippen LogP contribution in [0.2, 0.25) is 0 Å². The van der Waals surface area contributed by atoms with Crippen LogP contribution in [0.4, 0.5) is 0 Å². The second-order valence-corrected chi connectivity index (χ2v) is 14.6. The number of imide groups is 2. The molecule has 240 valence electrons. The van der Waals surface area contributed by atoms with E-state index in [1.165, 1.54) is 32.5 Å². The standard InChI is InChI=1S/C38H42N2O4S2/c1-5-9-13-23(7-3)21-39-35(41)27-19-26(30-16-12-18-46-30)34-32-28(36(42)40(38(34)44)22-24(8-4)14-10-6-2)20-25(29-15-11-17-45-29)33(31(27)32)37(39)43/h11-12,15-20,23-24H,5-10,13-14,21-22H2,1-4H3. The van der Waals surface area contributed by atoms with Crippen molar-refractivity contribution in [1.29, 1.82) is 0 Å². The van der Waals surface area contributed by atoms with Crippen molar-refractivity contribution in [1.82, 2.24) is 9.80 Å². The van der Waals surface area contributed by atoms with E-state index in [4.69, 9.17) is 0 Å². The highest BCUT2D eigenvalue weighted by Gasteiger charge is 2.43. The smallest absolute Gasteiger partial charge is 0.262 e. The van der Waals surface area contributed by atoms with Crippen LogP contribution in [0.1, 0.15) is 120 Å². The van der Waals surface area contributed by atoms with E-state index in [2.05, 4.69) is 27.7 Å². The molecule has 8 heteroatoms. The van der Waals surface area contributed by atoms with E-state index < -0.39 is 0 Å². The Morgan fingerprint density at radius 2 is 1.00 bits per heavy atom. The highest BCUT2D eigenvalue weighted by Crippen LogP contribution is 2.47. The van der Waals surface area contributed by atoms with Crippen LogP contribution in [-0.4, -0.2) is 46.5 Å². The van der Waals surface area contributed by atoms with E-state index in [9.17, 15) is 19.2 Å². The molecule has 2 aliphatic rings. The molecule has 0 radical (unpaired) electrons. The number of nitrogens with zero attached hydrogens (tertiary/aromatic N) is 2. The second-order valence-electron chi connectivity index (χ2n) is 12.7. The molecule has 0 spiro atoms. The molecule has 0 fully saturated rings.